The first-order chi connectivity index (χ1) is 28.6. The number of phenols is 1. The summed E-state index contributed by atoms with van der Waals surface area (Å²) in [6, 6.07) is 19.3. The fourth-order valence-electron chi connectivity index (χ4n) is 7.82. The highest BCUT2D eigenvalue weighted by Gasteiger charge is 2.45. The summed E-state index contributed by atoms with van der Waals surface area (Å²) in [6.07, 6.45) is 0.859. The molecule has 60 heavy (non-hydrogen) atoms. The molecule has 3 aromatic carbocycles. The smallest absolute Gasteiger partial charge is 0.246 e. The molecule has 4 heterocycles. The Kier molecular flexibility index (Phi) is 12.6. The van der Waals surface area contributed by atoms with Crippen molar-refractivity contribution in [3.8, 4) is 38.6 Å². The van der Waals surface area contributed by atoms with Crippen LogP contribution in [0.3, 0.4) is 0 Å². The number of carbonyl (C=O) groups excluding carboxylic acids is 3. The number of nitrogens with zero attached hydrogens (tertiary/aromatic N) is 6. The van der Waals surface area contributed by atoms with Gasteiger partial charge in [0.05, 0.1) is 46.7 Å². The minimum Gasteiger partial charge on any atom is -0.507 e. The number of aryl methyl sites for hydroxylation is 1. The van der Waals surface area contributed by atoms with Crippen molar-refractivity contribution >= 4 is 34.7 Å². The van der Waals surface area contributed by atoms with Crippen molar-refractivity contribution in [1.29, 1.82) is 0 Å². The highest BCUT2D eigenvalue weighted by molar-refractivity contribution is 7.13. The molecule has 2 fully saturated rings. The van der Waals surface area contributed by atoms with E-state index in [-0.39, 0.29) is 48.7 Å². The second-order valence-corrected chi connectivity index (χ2v) is 17.5. The lowest BCUT2D eigenvalue weighted by molar-refractivity contribution is -0.144. The molecule has 314 valence electrons. The number of hydrogen-bond acceptors (Lipinski definition) is 11. The van der Waals surface area contributed by atoms with E-state index in [1.54, 1.807) is 23.6 Å². The van der Waals surface area contributed by atoms with Crippen LogP contribution in [0.4, 0.5) is 10.1 Å². The zero-order valence-corrected chi connectivity index (χ0v) is 35.2. The number of aromatic hydroxyl groups is 1. The van der Waals surface area contributed by atoms with Crippen LogP contribution in [-0.2, 0) is 14.4 Å². The van der Waals surface area contributed by atoms with Crippen LogP contribution in [-0.4, -0.2) is 110 Å². The molecule has 7 rings (SSSR count). The summed E-state index contributed by atoms with van der Waals surface area (Å²) in [5.41, 5.74) is 7.37. The summed E-state index contributed by atoms with van der Waals surface area (Å²) in [5, 5.41) is 35.1. The summed E-state index contributed by atoms with van der Waals surface area (Å²) in [4.78, 5) is 52.6. The molecule has 2 aromatic heterocycles. The van der Waals surface area contributed by atoms with E-state index in [4.69, 9.17) is 0 Å². The number of aromatic nitrogens is 3. The third-order valence-electron chi connectivity index (χ3n) is 11.3. The van der Waals surface area contributed by atoms with Gasteiger partial charge in [0.25, 0.3) is 0 Å². The SMILES string of the molecule is Cc1ncsc1-c1ccc(C(C)NC(=O)[C@@H]2C[C@@H](O)CN2C(=O)C(NC(=O)CN2CCN(c3ccc(-c4cnnc(-c5cc(F)ccc5O)c4)cc3)CC2)C(C)(C)C)cc1. The van der Waals surface area contributed by atoms with E-state index in [2.05, 4.69) is 35.6 Å². The number of carbonyl (C=O) groups is 3. The molecule has 2 aliphatic heterocycles. The molecule has 4 N–H and O–H groups in total. The van der Waals surface area contributed by atoms with Crippen molar-refractivity contribution in [1.82, 2.24) is 35.6 Å². The summed E-state index contributed by atoms with van der Waals surface area (Å²) in [7, 11) is 0. The van der Waals surface area contributed by atoms with E-state index in [0.29, 0.717) is 31.9 Å². The van der Waals surface area contributed by atoms with Gasteiger partial charge in [-0.2, -0.15) is 10.2 Å². The van der Waals surface area contributed by atoms with Crippen molar-refractivity contribution in [3.63, 3.8) is 0 Å². The Labute approximate surface area is 353 Å². The van der Waals surface area contributed by atoms with Crippen molar-refractivity contribution in [2.45, 2.75) is 65.3 Å². The molecule has 2 saturated heterocycles. The maximum atomic E-state index is 14.2. The van der Waals surface area contributed by atoms with E-state index in [1.165, 1.54) is 23.1 Å². The molecule has 5 aromatic rings. The summed E-state index contributed by atoms with van der Waals surface area (Å²) in [6.45, 7) is 12.2. The molecule has 15 heteroatoms. The van der Waals surface area contributed by atoms with Crippen LogP contribution in [0.15, 0.2) is 84.5 Å². The molecule has 3 amide bonds. The van der Waals surface area contributed by atoms with Crippen LogP contribution in [0.2, 0.25) is 0 Å². The number of nitrogens with one attached hydrogen (secondary N) is 2. The highest BCUT2D eigenvalue weighted by Crippen LogP contribution is 2.32. The van der Waals surface area contributed by atoms with Gasteiger partial charge >= 0.3 is 0 Å². The molecule has 0 aliphatic carbocycles. The predicted molar refractivity (Wildman–Crippen MR) is 230 cm³/mol. The molecular weight excluding hydrogens is 784 g/mol. The fraction of sp³-hybridized carbons (Fsp3) is 0.378. The van der Waals surface area contributed by atoms with Crippen molar-refractivity contribution in [3.05, 3.63) is 102 Å². The van der Waals surface area contributed by atoms with E-state index in [0.717, 1.165) is 38.5 Å². The lowest BCUT2D eigenvalue weighted by Crippen LogP contribution is -2.59. The van der Waals surface area contributed by atoms with Gasteiger partial charge in [-0.05, 0) is 72.4 Å². The zero-order chi connectivity index (χ0) is 42.7. The van der Waals surface area contributed by atoms with E-state index in [1.807, 2.05) is 88.7 Å². The zero-order valence-electron chi connectivity index (χ0n) is 34.4. The van der Waals surface area contributed by atoms with Crippen LogP contribution in [0.1, 0.15) is 51.4 Å². The standard InChI is InChI=1S/C45H51FN8O5S/c1-27(29-6-8-31(9-7-29)41-28(2)47-26-60-41)49-43(58)38-22-35(55)24-54(38)44(59)42(45(3,4)5)50-40(57)25-52-16-18-53(19-17-52)34-13-10-30(11-14-34)32-20-37(51-48-23-32)36-21-33(46)12-15-39(36)56/h6-15,20-21,23,26-27,35,38,42,55-56H,16-19,22,24-25H2,1-5H3,(H,49,58)(H,50,57)/t27?,35-,38+,42?/m1/s1. The van der Waals surface area contributed by atoms with Crippen LogP contribution in [0.25, 0.3) is 32.8 Å². The fourth-order valence-corrected chi connectivity index (χ4v) is 8.64. The minimum atomic E-state index is -0.920. The Morgan fingerprint density at radius 2 is 1.63 bits per heavy atom. The summed E-state index contributed by atoms with van der Waals surface area (Å²) >= 11 is 1.58. The van der Waals surface area contributed by atoms with Crippen molar-refractivity contribution in [2.24, 2.45) is 5.41 Å². The number of rotatable bonds is 11. The third-order valence-corrected chi connectivity index (χ3v) is 12.2. The van der Waals surface area contributed by atoms with Gasteiger partial charge in [0.1, 0.15) is 23.7 Å². The number of likely N-dealkylation sites (tertiary alicyclic amines) is 1. The van der Waals surface area contributed by atoms with Crippen molar-refractivity contribution < 1.29 is 29.0 Å². The maximum Gasteiger partial charge on any atom is 0.246 e. The lowest BCUT2D eigenvalue weighted by Gasteiger charge is -2.37. The number of aliphatic hydroxyl groups is 1. The minimum absolute atomic E-state index is 0.000460. The number of piperazine rings is 1. The van der Waals surface area contributed by atoms with E-state index >= 15 is 0 Å². The molecule has 0 saturated carbocycles. The largest absolute Gasteiger partial charge is 0.507 e. The first-order valence-electron chi connectivity index (χ1n) is 20.1. The second kappa shape index (κ2) is 17.8. The second-order valence-electron chi connectivity index (χ2n) is 16.7. The number of amides is 3. The van der Waals surface area contributed by atoms with Crippen LogP contribution >= 0.6 is 11.3 Å². The quantitative estimate of drug-likeness (QED) is 0.132. The Bertz CT molecular complexity index is 2330. The van der Waals surface area contributed by atoms with Crippen LogP contribution < -0.4 is 15.5 Å². The monoisotopic (exact) mass is 834 g/mol. The summed E-state index contributed by atoms with van der Waals surface area (Å²) in [5.74, 6) is -1.60. The Hall–Kier alpha value is -5.77. The van der Waals surface area contributed by atoms with Gasteiger partial charge in [0.15, 0.2) is 0 Å². The molecular formula is C45H51FN8O5S. The molecule has 13 nitrogen and oxygen atoms in total. The van der Waals surface area contributed by atoms with Gasteiger partial charge in [-0.25, -0.2) is 9.37 Å². The highest BCUT2D eigenvalue weighted by atomic mass is 32.1. The van der Waals surface area contributed by atoms with Gasteiger partial charge in [-0.3, -0.25) is 19.3 Å². The number of β-amino-alcohol motifs (C(OH)–C–C–N with tert-alkyl or cyclic N) is 1. The Balaban J connectivity index is 0.926. The van der Waals surface area contributed by atoms with E-state index < -0.39 is 35.3 Å². The first-order valence-corrected chi connectivity index (χ1v) is 21.0. The van der Waals surface area contributed by atoms with E-state index in [9.17, 15) is 29.0 Å². The van der Waals surface area contributed by atoms with Gasteiger partial charge < -0.3 is 30.6 Å². The molecule has 4 atom stereocenters. The van der Waals surface area contributed by atoms with Gasteiger partial charge in [0, 0.05) is 56.0 Å². The van der Waals surface area contributed by atoms with Gasteiger partial charge in [0.2, 0.25) is 17.7 Å². The lowest BCUT2D eigenvalue weighted by atomic mass is 9.85. The molecule has 0 radical (unpaired) electrons. The van der Waals surface area contributed by atoms with Gasteiger partial charge in [-0.1, -0.05) is 57.2 Å². The molecule has 2 aliphatic rings. The van der Waals surface area contributed by atoms with Crippen molar-refractivity contribution in [2.75, 3.05) is 44.2 Å². The normalized spacial score (nSPS) is 18.2. The molecule has 0 bridgehead atoms. The number of benzene rings is 3. The number of halogens is 1. The average Bonchev–Trinajstić information content (AvgIpc) is 3.85. The Morgan fingerprint density at radius 1 is 0.933 bits per heavy atom. The van der Waals surface area contributed by atoms with Crippen LogP contribution in [0.5, 0.6) is 5.75 Å². The summed E-state index contributed by atoms with van der Waals surface area (Å²) < 4.78 is 13.9. The number of phenolic OH excluding ortho intramolecular Hbond substituents is 1. The molecule has 0 spiro atoms. The number of aliphatic hydroxyl groups excluding tert-OH is 1. The third kappa shape index (κ3) is 9.64. The number of thiazole rings is 1. The maximum absolute atomic E-state index is 14.2. The predicted octanol–water partition coefficient (Wildman–Crippen LogP) is 5.58. The topological polar surface area (TPSA) is 164 Å². The first kappa shape index (κ1) is 42.4. The van der Waals surface area contributed by atoms with Gasteiger partial charge in [-0.15, -0.1) is 11.3 Å². The van der Waals surface area contributed by atoms with Crippen LogP contribution in [0, 0.1) is 18.2 Å². The number of hydrogen-bond donors (Lipinski definition) is 4. The molecule has 2 unspecified atom stereocenters. The Morgan fingerprint density at radius 3 is 2.30 bits per heavy atom. The number of anilines is 1. The average molecular weight is 835 g/mol.